The molecule has 0 fully saturated rings. The Bertz CT molecular complexity index is 720. The summed E-state index contributed by atoms with van der Waals surface area (Å²) >= 11 is 5.93. The van der Waals surface area contributed by atoms with Crippen molar-refractivity contribution in [3.05, 3.63) is 65.8 Å². The van der Waals surface area contributed by atoms with Gasteiger partial charge < -0.3 is 4.74 Å². The standard InChI is InChI=1S/C17H15ClN2O/c1-2-21-17-16(13-6-4-3-5-7-13)12-20(19-17)15-10-8-14(18)9-11-15/h3-12H,2H2,1H3. The number of hydrogen-bond acceptors (Lipinski definition) is 2. The van der Waals surface area contributed by atoms with E-state index in [1.165, 1.54) is 0 Å². The number of halogens is 1. The lowest BCUT2D eigenvalue weighted by Crippen LogP contribution is -1.97. The lowest BCUT2D eigenvalue weighted by atomic mass is 10.1. The molecule has 0 atom stereocenters. The van der Waals surface area contributed by atoms with Crippen molar-refractivity contribution < 1.29 is 4.74 Å². The Balaban J connectivity index is 2.06. The topological polar surface area (TPSA) is 27.1 Å². The molecule has 0 aliphatic carbocycles. The third kappa shape index (κ3) is 2.93. The molecule has 1 aromatic heterocycles. The van der Waals surface area contributed by atoms with Crippen molar-refractivity contribution in [3.63, 3.8) is 0 Å². The van der Waals surface area contributed by atoms with Crippen LogP contribution >= 0.6 is 11.6 Å². The number of ether oxygens (including phenoxy) is 1. The van der Waals surface area contributed by atoms with Crippen molar-refractivity contribution in [2.45, 2.75) is 6.92 Å². The van der Waals surface area contributed by atoms with E-state index in [1.54, 1.807) is 0 Å². The van der Waals surface area contributed by atoms with Gasteiger partial charge in [-0.15, -0.1) is 5.10 Å². The van der Waals surface area contributed by atoms with E-state index in [0.29, 0.717) is 17.5 Å². The number of rotatable bonds is 4. The highest BCUT2D eigenvalue weighted by atomic mass is 35.5. The molecule has 0 aliphatic heterocycles. The fraction of sp³-hybridized carbons (Fsp3) is 0.118. The molecule has 0 N–H and O–H groups in total. The van der Waals surface area contributed by atoms with Crippen LogP contribution in [0.5, 0.6) is 5.88 Å². The predicted molar refractivity (Wildman–Crippen MR) is 85.2 cm³/mol. The smallest absolute Gasteiger partial charge is 0.241 e. The highest BCUT2D eigenvalue weighted by molar-refractivity contribution is 6.30. The molecule has 2 aromatic carbocycles. The van der Waals surface area contributed by atoms with Gasteiger partial charge in [-0.2, -0.15) is 0 Å². The van der Waals surface area contributed by atoms with Crippen LogP contribution in [0.2, 0.25) is 5.02 Å². The monoisotopic (exact) mass is 298 g/mol. The molecule has 0 saturated carbocycles. The highest BCUT2D eigenvalue weighted by Gasteiger charge is 2.12. The molecule has 0 bridgehead atoms. The molecule has 3 rings (SSSR count). The Hall–Kier alpha value is -2.26. The van der Waals surface area contributed by atoms with Crippen LogP contribution in [0, 0.1) is 0 Å². The van der Waals surface area contributed by atoms with E-state index in [1.807, 2.05) is 72.4 Å². The molecular formula is C17H15ClN2O. The van der Waals surface area contributed by atoms with Gasteiger partial charge in [-0.05, 0) is 36.8 Å². The van der Waals surface area contributed by atoms with Gasteiger partial charge in [-0.1, -0.05) is 41.9 Å². The van der Waals surface area contributed by atoms with Crippen molar-refractivity contribution in [2.75, 3.05) is 6.61 Å². The van der Waals surface area contributed by atoms with Gasteiger partial charge in [0.2, 0.25) is 5.88 Å². The second kappa shape index (κ2) is 6.02. The molecule has 3 aromatic rings. The van der Waals surface area contributed by atoms with Gasteiger partial charge in [-0.25, -0.2) is 4.68 Å². The minimum atomic E-state index is 0.581. The van der Waals surface area contributed by atoms with Gasteiger partial charge >= 0.3 is 0 Å². The van der Waals surface area contributed by atoms with E-state index in [2.05, 4.69) is 5.10 Å². The Morgan fingerprint density at radius 1 is 1.05 bits per heavy atom. The minimum Gasteiger partial charge on any atom is -0.476 e. The molecule has 21 heavy (non-hydrogen) atoms. The zero-order chi connectivity index (χ0) is 14.7. The van der Waals surface area contributed by atoms with Crippen molar-refractivity contribution in [2.24, 2.45) is 0 Å². The predicted octanol–water partition coefficient (Wildman–Crippen LogP) is 4.59. The quantitative estimate of drug-likeness (QED) is 0.704. The highest BCUT2D eigenvalue weighted by Crippen LogP contribution is 2.30. The summed E-state index contributed by atoms with van der Waals surface area (Å²) < 4.78 is 7.47. The van der Waals surface area contributed by atoms with Crippen LogP contribution in [-0.2, 0) is 0 Å². The summed E-state index contributed by atoms with van der Waals surface area (Å²) in [5.74, 6) is 0.638. The molecule has 0 radical (unpaired) electrons. The Labute approximate surface area is 128 Å². The lowest BCUT2D eigenvalue weighted by molar-refractivity contribution is 0.325. The van der Waals surface area contributed by atoms with Crippen molar-refractivity contribution in [1.82, 2.24) is 9.78 Å². The molecule has 106 valence electrons. The summed E-state index contributed by atoms with van der Waals surface area (Å²) in [5, 5.41) is 5.24. The van der Waals surface area contributed by atoms with E-state index >= 15 is 0 Å². The van der Waals surface area contributed by atoms with Gasteiger partial charge in [0.25, 0.3) is 0 Å². The van der Waals surface area contributed by atoms with Gasteiger partial charge in [0.05, 0.1) is 17.9 Å². The number of aromatic nitrogens is 2. The van der Waals surface area contributed by atoms with Crippen molar-refractivity contribution >= 4 is 11.6 Å². The first-order valence-electron chi connectivity index (χ1n) is 6.82. The van der Waals surface area contributed by atoms with Gasteiger partial charge in [0.15, 0.2) is 0 Å². The number of nitrogens with zero attached hydrogens (tertiary/aromatic N) is 2. The summed E-state index contributed by atoms with van der Waals surface area (Å²) in [6.07, 6.45) is 1.98. The maximum Gasteiger partial charge on any atom is 0.241 e. The SMILES string of the molecule is CCOc1nn(-c2ccc(Cl)cc2)cc1-c1ccccc1. The summed E-state index contributed by atoms with van der Waals surface area (Å²) in [4.78, 5) is 0. The molecule has 0 unspecified atom stereocenters. The van der Waals surface area contributed by atoms with E-state index < -0.39 is 0 Å². The number of benzene rings is 2. The third-order valence-electron chi connectivity index (χ3n) is 3.14. The molecule has 1 heterocycles. The first kappa shape index (κ1) is 13.7. The lowest BCUT2D eigenvalue weighted by Gasteiger charge is -2.02. The summed E-state index contributed by atoms with van der Waals surface area (Å²) in [7, 11) is 0. The molecule has 0 saturated heterocycles. The fourth-order valence-corrected chi connectivity index (χ4v) is 2.27. The minimum absolute atomic E-state index is 0.581. The van der Waals surface area contributed by atoms with E-state index in [9.17, 15) is 0 Å². The maximum absolute atomic E-state index is 5.93. The van der Waals surface area contributed by atoms with Crippen LogP contribution in [-0.4, -0.2) is 16.4 Å². The first-order valence-corrected chi connectivity index (χ1v) is 7.19. The average Bonchev–Trinajstić information content (AvgIpc) is 2.93. The molecular weight excluding hydrogens is 284 g/mol. The Kier molecular flexibility index (Phi) is 3.93. The number of hydrogen-bond donors (Lipinski definition) is 0. The van der Waals surface area contributed by atoms with Crippen molar-refractivity contribution in [3.8, 4) is 22.7 Å². The second-order valence-corrected chi connectivity index (χ2v) is 5.00. The first-order chi connectivity index (χ1) is 10.3. The molecule has 0 spiro atoms. The zero-order valence-corrected chi connectivity index (χ0v) is 12.4. The average molecular weight is 299 g/mol. The molecule has 3 nitrogen and oxygen atoms in total. The Morgan fingerprint density at radius 2 is 1.76 bits per heavy atom. The van der Waals surface area contributed by atoms with Crippen LogP contribution in [0.15, 0.2) is 60.8 Å². The molecule has 0 amide bonds. The van der Waals surface area contributed by atoms with Crippen molar-refractivity contribution in [1.29, 1.82) is 0 Å². The van der Waals surface area contributed by atoms with Crippen LogP contribution < -0.4 is 4.74 Å². The van der Waals surface area contributed by atoms with Crippen LogP contribution in [0.1, 0.15) is 6.92 Å². The normalized spacial score (nSPS) is 10.6. The summed E-state index contributed by atoms with van der Waals surface area (Å²) in [5.41, 5.74) is 3.01. The van der Waals surface area contributed by atoms with E-state index in [-0.39, 0.29) is 0 Å². The zero-order valence-electron chi connectivity index (χ0n) is 11.7. The maximum atomic E-state index is 5.93. The van der Waals surface area contributed by atoms with Gasteiger partial charge in [0, 0.05) is 11.2 Å². The molecule has 0 aliphatic rings. The summed E-state index contributed by atoms with van der Waals surface area (Å²) in [6, 6.07) is 17.7. The van der Waals surface area contributed by atoms with E-state index in [0.717, 1.165) is 16.8 Å². The largest absolute Gasteiger partial charge is 0.476 e. The van der Waals surface area contributed by atoms with Gasteiger partial charge in [-0.3, -0.25) is 0 Å². The Morgan fingerprint density at radius 3 is 2.43 bits per heavy atom. The van der Waals surface area contributed by atoms with E-state index in [4.69, 9.17) is 16.3 Å². The summed E-state index contributed by atoms with van der Waals surface area (Å²) in [6.45, 7) is 2.54. The van der Waals surface area contributed by atoms with Crippen LogP contribution in [0.3, 0.4) is 0 Å². The van der Waals surface area contributed by atoms with Gasteiger partial charge in [0.1, 0.15) is 0 Å². The third-order valence-corrected chi connectivity index (χ3v) is 3.39. The van der Waals surface area contributed by atoms with Crippen LogP contribution in [0.25, 0.3) is 16.8 Å². The van der Waals surface area contributed by atoms with Crippen LogP contribution in [0.4, 0.5) is 0 Å². The second-order valence-electron chi connectivity index (χ2n) is 4.57. The fourth-order valence-electron chi connectivity index (χ4n) is 2.14. The molecule has 4 heteroatoms.